The number of nitrogens with zero attached hydrogens (tertiary/aromatic N) is 4. The lowest BCUT2D eigenvalue weighted by Gasteiger charge is -2.43. The van der Waals surface area contributed by atoms with Gasteiger partial charge in [-0.05, 0) is 30.3 Å². The number of aldehydes is 1. The van der Waals surface area contributed by atoms with E-state index in [-0.39, 0.29) is 30.1 Å². The number of rotatable bonds is 5. The number of halogens is 2. The minimum Gasteiger partial charge on any atom is -0.298 e. The summed E-state index contributed by atoms with van der Waals surface area (Å²) >= 11 is 6.13. The van der Waals surface area contributed by atoms with Crippen LogP contribution < -0.4 is 9.91 Å². The number of carbonyl (C=O) groups is 2. The first-order valence-electron chi connectivity index (χ1n) is 8.19. The first-order chi connectivity index (χ1) is 13.0. The Morgan fingerprint density at radius 1 is 1.26 bits per heavy atom. The van der Waals surface area contributed by atoms with Crippen molar-refractivity contribution in [3.63, 3.8) is 0 Å². The van der Waals surface area contributed by atoms with Crippen molar-refractivity contribution in [2.45, 2.75) is 13.0 Å². The van der Waals surface area contributed by atoms with Crippen molar-refractivity contribution < 1.29 is 14.0 Å². The Kier molecular flexibility index (Phi) is 5.28. The molecule has 0 spiro atoms. The van der Waals surface area contributed by atoms with Crippen LogP contribution in [0.2, 0.25) is 5.02 Å². The highest BCUT2D eigenvalue weighted by Gasteiger charge is 2.34. The normalized spacial score (nSPS) is 13.4. The minimum atomic E-state index is -0.522. The maximum atomic E-state index is 14.3. The largest absolute Gasteiger partial charge is 0.343 e. The quantitative estimate of drug-likeness (QED) is 0.728. The summed E-state index contributed by atoms with van der Waals surface area (Å²) < 4.78 is 14.3. The molecule has 2 aromatic rings. The van der Waals surface area contributed by atoms with Gasteiger partial charge in [-0.3, -0.25) is 14.7 Å². The van der Waals surface area contributed by atoms with Gasteiger partial charge in [-0.15, -0.1) is 0 Å². The summed E-state index contributed by atoms with van der Waals surface area (Å²) in [6.07, 6.45) is 0.827. The maximum Gasteiger partial charge on any atom is 0.343 e. The average Bonchev–Trinajstić information content (AvgIpc) is 2.66. The molecule has 3 rings (SSSR count). The predicted octanol–water partition coefficient (Wildman–Crippen LogP) is 4.00. The molecule has 0 unspecified atom stereocenters. The highest BCUT2D eigenvalue weighted by atomic mass is 35.5. The molecule has 2 amide bonds. The highest BCUT2D eigenvalue weighted by molar-refractivity contribution is 6.31. The predicted molar refractivity (Wildman–Crippen MR) is 100 cm³/mol. The van der Waals surface area contributed by atoms with Crippen LogP contribution in [0.15, 0.2) is 36.4 Å². The Morgan fingerprint density at radius 2 is 2.04 bits per heavy atom. The summed E-state index contributed by atoms with van der Waals surface area (Å²) in [5.74, 6) is -0.522. The monoisotopic (exact) mass is 386 g/mol. The van der Waals surface area contributed by atoms with E-state index in [1.54, 1.807) is 36.3 Å². The van der Waals surface area contributed by atoms with Crippen LogP contribution >= 0.6 is 11.6 Å². The molecule has 6 nitrogen and oxygen atoms in total. The fourth-order valence-electron chi connectivity index (χ4n) is 3.00. The van der Waals surface area contributed by atoms with Crippen molar-refractivity contribution >= 4 is 35.3 Å². The van der Waals surface area contributed by atoms with E-state index in [2.05, 4.69) is 0 Å². The number of anilines is 2. The summed E-state index contributed by atoms with van der Waals surface area (Å²) in [7, 11) is 1.70. The third-order valence-electron chi connectivity index (χ3n) is 4.40. The minimum absolute atomic E-state index is 0.101. The molecule has 0 aromatic heterocycles. The Morgan fingerprint density at radius 3 is 2.70 bits per heavy atom. The lowest BCUT2D eigenvalue weighted by molar-refractivity contribution is 0.112. The number of amides is 2. The van der Waals surface area contributed by atoms with E-state index in [9.17, 15) is 14.0 Å². The Labute approximate surface area is 160 Å². The van der Waals surface area contributed by atoms with Crippen molar-refractivity contribution in [2.24, 2.45) is 0 Å². The second kappa shape index (κ2) is 7.64. The number of hydrazine groups is 1. The van der Waals surface area contributed by atoms with Crippen molar-refractivity contribution in [1.29, 1.82) is 5.26 Å². The molecule has 0 aliphatic carbocycles. The van der Waals surface area contributed by atoms with Crippen LogP contribution in [0.25, 0.3) is 0 Å². The van der Waals surface area contributed by atoms with Crippen LogP contribution in [-0.2, 0) is 6.54 Å². The molecule has 138 valence electrons. The van der Waals surface area contributed by atoms with E-state index in [1.165, 1.54) is 22.0 Å². The van der Waals surface area contributed by atoms with Gasteiger partial charge in [0.05, 0.1) is 37.0 Å². The lowest BCUT2D eigenvalue weighted by atomic mass is 10.1. The van der Waals surface area contributed by atoms with Gasteiger partial charge in [-0.2, -0.15) is 5.26 Å². The first kappa shape index (κ1) is 18.7. The molecular formula is C19H16ClFN4O2. The zero-order chi connectivity index (χ0) is 19.6. The van der Waals surface area contributed by atoms with E-state index in [0.717, 1.165) is 0 Å². The van der Waals surface area contributed by atoms with Crippen LogP contribution in [0.4, 0.5) is 20.6 Å². The highest BCUT2D eigenvalue weighted by Crippen LogP contribution is 2.37. The van der Waals surface area contributed by atoms with E-state index in [0.29, 0.717) is 23.2 Å². The van der Waals surface area contributed by atoms with Crippen molar-refractivity contribution in [1.82, 2.24) is 5.01 Å². The Balaban J connectivity index is 2.09. The summed E-state index contributed by atoms with van der Waals surface area (Å²) in [5, 5.41) is 12.1. The molecule has 2 aromatic carbocycles. The lowest BCUT2D eigenvalue weighted by Crippen LogP contribution is -2.55. The zero-order valence-corrected chi connectivity index (χ0v) is 15.3. The molecule has 0 fully saturated rings. The van der Waals surface area contributed by atoms with Gasteiger partial charge in [0.2, 0.25) is 0 Å². The number of nitriles is 1. The molecule has 0 N–H and O–H groups in total. The summed E-state index contributed by atoms with van der Waals surface area (Å²) in [4.78, 5) is 25.6. The van der Waals surface area contributed by atoms with E-state index in [4.69, 9.17) is 16.9 Å². The third-order valence-corrected chi connectivity index (χ3v) is 4.76. The van der Waals surface area contributed by atoms with Crippen LogP contribution in [0.1, 0.15) is 22.3 Å². The molecule has 27 heavy (non-hydrogen) atoms. The number of fused-ring (bicyclic) bond motifs is 1. The van der Waals surface area contributed by atoms with Crippen molar-refractivity contribution in [3.05, 3.63) is 58.4 Å². The van der Waals surface area contributed by atoms with Gasteiger partial charge in [0.15, 0.2) is 0 Å². The molecule has 0 bridgehead atoms. The van der Waals surface area contributed by atoms with E-state index < -0.39 is 11.8 Å². The molecule has 1 aliphatic heterocycles. The van der Waals surface area contributed by atoms with Crippen LogP contribution in [0.5, 0.6) is 0 Å². The molecule has 0 radical (unpaired) electrons. The van der Waals surface area contributed by atoms with Gasteiger partial charge in [0.25, 0.3) is 0 Å². The van der Waals surface area contributed by atoms with E-state index >= 15 is 0 Å². The first-order valence-corrected chi connectivity index (χ1v) is 8.57. The topological polar surface area (TPSA) is 67.7 Å². The molecule has 0 saturated carbocycles. The number of urea groups is 1. The molecule has 0 atom stereocenters. The van der Waals surface area contributed by atoms with Gasteiger partial charge in [0, 0.05) is 23.2 Å². The second-order valence-electron chi connectivity index (χ2n) is 5.99. The molecule has 1 aliphatic rings. The molecule has 0 saturated heterocycles. The van der Waals surface area contributed by atoms with Crippen LogP contribution in [0.3, 0.4) is 0 Å². The maximum absolute atomic E-state index is 14.3. The number of hydrogen-bond acceptors (Lipinski definition) is 4. The van der Waals surface area contributed by atoms with Gasteiger partial charge < -0.3 is 0 Å². The van der Waals surface area contributed by atoms with Crippen LogP contribution in [0, 0.1) is 17.1 Å². The fraction of sp³-hybridized carbons (Fsp3) is 0.211. The zero-order valence-electron chi connectivity index (χ0n) is 14.5. The summed E-state index contributed by atoms with van der Waals surface area (Å²) in [5.41, 5.74) is 1.70. The fourth-order valence-corrected chi connectivity index (χ4v) is 3.22. The SMILES string of the molecule is CN1c2ccc(C=O)cc2N(Cc2c(F)cccc2Cl)C(=O)N1CCC#N. The van der Waals surface area contributed by atoms with Crippen LogP contribution in [-0.4, -0.2) is 30.9 Å². The molecule has 1 heterocycles. The van der Waals surface area contributed by atoms with Gasteiger partial charge in [0.1, 0.15) is 12.1 Å². The molecule has 8 heteroatoms. The number of carbonyl (C=O) groups excluding carboxylic acids is 2. The number of benzene rings is 2. The van der Waals surface area contributed by atoms with Gasteiger partial charge >= 0.3 is 6.03 Å². The Bertz CT molecular complexity index is 924. The van der Waals surface area contributed by atoms with Crippen molar-refractivity contribution in [2.75, 3.05) is 23.5 Å². The molecular weight excluding hydrogens is 371 g/mol. The summed E-state index contributed by atoms with van der Waals surface area (Å²) in [6.45, 7) is 0.0821. The smallest absolute Gasteiger partial charge is 0.298 e. The van der Waals surface area contributed by atoms with Gasteiger partial charge in [-0.1, -0.05) is 17.7 Å². The summed E-state index contributed by atoms with van der Waals surface area (Å²) in [6, 6.07) is 10.8. The third kappa shape index (κ3) is 3.44. The number of hydrogen-bond donors (Lipinski definition) is 0. The van der Waals surface area contributed by atoms with Crippen molar-refractivity contribution in [3.8, 4) is 6.07 Å². The Hall–Kier alpha value is -3.11. The standard InChI is InChI=1S/C19H16ClFN4O2/c1-23-17-7-6-13(12-26)10-18(17)24(19(27)25(23)9-3-8-22)11-14-15(20)4-2-5-16(14)21/h2,4-7,10,12H,3,9,11H2,1H3. The van der Waals surface area contributed by atoms with Gasteiger partial charge in [-0.25, -0.2) is 14.2 Å². The van der Waals surface area contributed by atoms with E-state index in [1.807, 2.05) is 6.07 Å². The second-order valence-corrected chi connectivity index (χ2v) is 6.40. The average molecular weight is 387 g/mol.